The Kier molecular flexibility index (Phi) is 6.23. The van der Waals surface area contributed by atoms with Gasteiger partial charge in [0.15, 0.2) is 6.61 Å². The second-order valence-corrected chi connectivity index (χ2v) is 6.15. The number of esters is 1. The Morgan fingerprint density at radius 1 is 1.09 bits per heavy atom. The summed E-state index contributed by atoms with van der Waals surface area (Å²) in [6.07, 6.45) is 0. The number of para-hydroxylation sites is 1. The van der Waals surface area contributed by atoms with Gasteiger partial charge in [-0.15, -0.1) is 11.8 Å². The average Bonchev–Trinajstić information content (AvgIpc) is 2.54. The fourth-order valence-corrected chi connectivity index (χ4v) is 2.83. The van der Waals surface area contributed by atoms with E-state index in [0.717, 1.165) is 16.0 Å². The molecule has 4 nitrogen and oxygen atoms in total. The van der Waals surface area contributed by atoms with Gasteiger partial charge in [-0.1, -0.05) is 35.9 Å². The molecule has 0 heterocycles. The van der Waals surface area contributed by atoms with Crippen molar-refractivity contribution in [1.29, 1.82) is 0 Å². The number of carbonyl (C=O) groups is 2. The van der Waals surface area contributed by atoms with Gasteiger partial charge < -0.3 is 10.1 Å². The molecule has 120 valence electrons. The summed E-state index contributed by atoms with van der Waals surface area (Å²) >= 11 is 1.42. The highest BCUT2D eigenvalue weighted by Gasteiger charge is 2.09. The maximum atomic E-state index is 11.7. The second-order valence-electron chi connectivity index (χ2n) is 5.13. The standard InChI is InChI=1S/C18H19NO3S/c1-13-8-9-14(2)16(10-13)23-12-18(21)22-11-17(20)19-15-6-4-3-5-7-15/h3-10H,11-12H2,1-2H3,(H,19,20). The lowest BCUT2D eigenvalue weighted by molar-refractivity contribution is -0.144. The highest BCUT2D eigenvalue weighted by Crippen LogP contribution is 2.23. The van der Waals surface area contributed by atoms with E-state index in [4.69, 9.17) is 4.74 Å². The Balaban J connectivity index is 1.74. The quantitative estimate of drug-likeness (QED) is 0.650. The molecule has 1 amide bonds. The van der Waals surface area contributed by atoms with Crippen LogP contribution < -0.4 is 5.32 Å². The smallest absolute Gasteiger partial charge is 0.316 e. The average molecular weight is 329 g/mol. The van der Waals surface area contributed by atoms with E-state index in [9.17, 15) is 9.59 Å². The van der Waals surface area contributed by atoms with Crippen molar-refractivity contribution in [3.8, 4) is 0 Å². The van der Waals surface area contributed by atoms with Gasteiger partial charge in [0.1, 0.15) is 0 Å². The van der Waals surface area contributed by atoms with Crippen LogP contribution in [-0.4, -0.2) is 24.2 Å². The topological polar surface area (TPSA) is 55.4 Å². The van der Waals surface area contributed by atoms with Crippen LogP contribution >= 0.6 is 11.8 Å². The summed E-state index contributed by atoms with van der Waals surface area (Å²) < 4.78 is 5.00. The molecule has 2 aromatic rings. The molecule has 0 saturated carbocycles. The minimum Gasteiger partial charge on any atom is -0.455 e. The molecule has 0 bridgehead atoms. The molecular weight excluding hydrogens is 310 g/mol. The lowest BCUT2D eigenvalue weighted by Gasteiger charge is -2.08. The summed E-state index contributed by atoms with van der Waals surface area (Å²) in [5.74, 6) is -0.566. The third-order valence-electron chi connectivity index (χ3n) is 3.11. The van der Waals surface area contributed by atoms with Gasteiger partial charge in [0, 0.05) is 10.6 Å². The summed E-state index contributed by atoms with van der Waals surface area (Å²) in [6, 6.07) is 15.1. The van der Waals surface area contributed by atoms with Crippen LogP contribution in [0, 0.1) is 13.8 Å². The van der Waals surface area contributed by atoms with Crippen LogP contribution in [0.2, 0.25) is 0 Å². The van der Waals surface area contributed by atoms with Crippen molar-refractivity contribution < 1.29 is 14.3 Å². The molecule has 2 rings (SSSR count). The highest BCUT2D eigenvalue weighted by molar-refractivity contribution is 8.00. The van der Waals surface area contributed by atoms with Crippen molar-refractivity contribution in [2.24, 2.45) is 0 Å². The summed E-state index contributed by atoms with van der Waals surface area (Å²) in [5.41, 5.74) is 2.95. The first kappa shape index (κ1) is 17.1. The molecule has 0 unspecified atom stereocenters. The van der Waals surface area contributed by atoms with Crippen LogP contribution in [0.4, 0.5) is 5.69 Å². The summed E-state index contributed by atoms with van der Waals surface area (Å²) in [6.45, 7) is 3.73. The van der Waals surface area contributed by atoms with Gasteiger partial charge in [0.05, 0.1) is 5.75 Å². The van der Waals surface area contributed by atoms with Crippen LogP contribution in [-0.2, 0) is 14.3 Å². The van der Waals surface area contributed by atoms with E-state index in [1.54, 1.807) is 12.1 Å². The zero-order chi connectivity index (χ0) is 16.7. The molecule has 5 heteroatoms. The number of rotatable bonds is 6. The SMILES string of the molecule is Cc1ccc(C)c(SCC(=O)OCC(=O)Nc2ccccc2)c1. The zero-order valence-corrected chi connectivity index (χ0v) is 14.0. The number of thioether (sulfide) groups is 1. The number of nitrogens with one attached hydrogen (secondary N) is 1. The van der Waals surface area contributed by atoms with Crippen molar-refractivity contribution in [3.05, 3.63) is 59.7 Å². The van der Waals surface area contributed by atoms with Crippen molar-refractivity contribution in [3.63, 3.8) is 0 Å². The largest absolute Gasteiger partial charge is 0.455 e. The summed E-state index contributed by atoms with van der Waals surface area (Å²) in [4.78, 5) is 24.5. The normalized spacial score (nSPS) is 10.2. The van der Waals surface area contributed by atoms with Crippen molar-refractivity contribution >= 4 is 29.3 Å². The number of benzene rings is 2. The Hall–Kier alpha value is -2.27. The van der Waals surface area contributed by atoms with Crippen molar-refractivity contribution in [2.75, 3.05) is 17.7 Å². The number of amides is 1. The van der Waals surface area contributed by atoms with Gasteiger partial charge in [-0.2, -0.15) is 0 Å². The predicted octanol–water partition coefficient (Wildman–Crippen LogP) is 3.58. The first-order valence-electron chi connectivity index (χ1n) is 7.25. The molecule has 0 fully saturated rings. The Labute approximate surface area is 140 Å². The maximum absolute atomic E-state index is 11.7. The minimum atomic E-state index is -0.404. The summed E-state index contributed by atoms with van der Waals surface area (Å²) in [7, 11) is 0. The molecule has 0 atom stereocenters. The zero-order valence-electron chi connectivity index (χ0n) is 13.2. The maximum Gasteiger partial charge on any atom is 0.316 e. The number of anilines is 1. The molecule has 0 radical (unpaired) electrons. The van der Waals surface area contributed by atoms with Gasteiger partial charge in [-0.05, 0) is 37.6 Å². The molecule has 0 spiro atoms. The van der Waals surface area contributed by atoms with Crippen LogP contribution in [0.15, 0.2) is 53.4 Å². The van der Waals surface area contributed by atoms with Gasteiger partial charge >= 0.3 is 5.97 Å². The lowest BCUT2D eigenvalue weighted by Crippen LogP contribution is -2.21. The highest BCUT2D eigenvalue weighted by atomic mass is 32.2. The van der Waals surface area contributed by atoms with E-state index in [1.807, 2.05) is 50.2 Å². The summed E-state index contributed by atoms with van der Waals surface area (Å²) in [5, 5.41) is 2.66. The van der Waals surface area contributed by atoms with Crippen LogP contribution in [0.5, 0.6) is 0 Å². The van der Waals surface area contributed by atoms with Gasteiger partial charge in [-0.25, -0.2) is 0 Å². The molecule has 23 heavy (non-hydrogen) atoms. The molecule has 2 aromatic carbocycles. The number of hydrogen-bond donors (Lipinski definition) is 1. The van der Waals surface area contributed by atoms with Crippen LogP contribution in [0.3, 0.4) is 0 Å². The van der Waals surface area contributed by atoms with Gasteiger partial charge in [-0.3, -0.25) is 9.59 Å². The van der Waals surface area contributed by atoms with Crippen molar-refractivity contribution in [2.45, 2.75) is 18.7 Å². The fourth-order valence-electron chi connectivity index (χ4n) is 1.91. The third kappa shape index (κ3) is 5.79. The van der Waals surface area contributed by atoms with Crippen molar-refractivity contribution in [1.82, 2.24) is 0 Å². The molecule has 0 saturated heterocycles. The van der Waals surface area contributed by atoms with Gasteiger partial charge in [0.2, 0.25) is 0 Å². The van der Waals surface area contributed by atoms with E-state index >= 15 is 0 Å². The number of aryl methyl sites for hydroxylation is 2. The first-order valence-corrected chi connectivity index (χ1v) is 8.24. The van der Waals surface area contributed by atoms with Crippen LogP contribution in [0.1, 0.15) is 11.1 Å². The molecule has 0 aliphatic carbocycles. The van der Waals surface area contributed by atoms with E-state index in [1.165, 1.54) is 11.8 Å². The third-order valence-corrected chi connectivity index (χ3v) is 4.24. The second kappa shape index (κ2) is 8.39. The number of hydrogen-bond acceptors (Lipinski definition) is 4. The van der Waals surface area contributed by atoms with E-state index in [-0.39, 0.29) is 18.3 Å². The molecule has 1 N–H and O–H groups in total. The Morgan fingerprint density at radius 3 is 2.57 bits per heavy atom. The van der Waals surface area contributed by atoms with E-state index in [2.05, 4.69) is 5.32 Å². The Morgan fingerprint density at radius 2 is 1.83 bits per heavy atom. The van der Waals surface area contributed by atoms with Crippen LogP contribution in [0.25, 0.3) is 0 Å². The fraction of sp³-hybridized carbons (Fsp3) is 0.222. The monoisotopic (exact) mass is 329 g/mol. The first-order chi connectivity index (χ1) is 11.0. The predicted molar refractivity (Wildman–Crippen MR) is 92.7 cm³/mol. The Bertz CT molecular complexity index is 686. The minimum absolute atomic E-state index is 0.183. The molecule has 0 aromatic heterocycles. The number of ether oxygens (including phenoxy) is 1. The van der Waals surface area contributed by atoms with E-state index in [0.29, 0.717) is 5.69 Å². The number of carbonyl (C=O) groups excluding carboxylic acids is 2. The van der Waals surface area contributed by atoms with Gasteiger partial charge in [0.25, 0.3) is 5.91 Å². The molecule has 0 aliphatic rings. The van der Waals surface area contributed by atoms with E-state index < -0.39 is 5.97 Å². The lowest BCUT2D eigenvalue weighted by atomic mass is 10.2. The molecular formula is C18H19NO3S. The molecule has 0 aliphatic heterocycles.